The summed E-state index contributed by atoms with van der Waals surface area (Å²) in [6.07, 6.45) is 0.261. The number of benzene rings is 3. The van der Waals surface area contributed by atoms with Crippen LogP contribution in [0.2, 0.25) is 5.02 Å². The van der Waals surface area contributed by atoms with Crippen molar-refractivity contribution >= 4 is 40.6 Å². The molecule has 0 unspecified atom stereocenters. The monoisotopic (exact) mass is 379 g/mol. The van der Waals surface area contributed by atoms with Crippen molar-refractivity contribution in [2.75, 3.05) is 16.0 Å². The van der Waals surface area contributed by atoms with Gasteiger partial charge >= 0.3 is 6.03 Å². The van der Waals surface area contributed by atoms with Crippen LogP contribution in [0.15, 0.2) is 78.9 Å². The van der Waals surface area contributed by atoms with Crippen molar-refractivity contribution in [2.24, 2.45) is 0 Å². The van der Waals surface area contributed by atoms with Crippen molar-refractivity contribution in [1.82, 2.24) is 0 Å². The molecule has 0 saturated heterocycles. The van der Waals surface area contributed by atoms with Crippen LogP contribution in [0.4, 0.5) is 21.9 Å². The molecule has 0 bridgehead atoms. The van der Waals surface area contributed by atoms with Crippen LogP contribution in [0, 0.1) is 0 Å². The first-order valence-corrected chi connectivity index (χ1v) is 8.74. The van der Waals surface area contributed by atoms with Gasteiger partial charge in [0.25, 0.3) is 0 Å². The number of carbonyl (C=O) groups is 2. The Hall–Kier alpha value is -3.31. The third kappa shape index (κ3) is 5.87. The number of halogens is 1. The van der Waals surface area contributed by atoms with Crippen LogP contribution >= 0.6 is 11.6 Å². The first-order valence-electron chi connectivity index (χ1n) is 8.36. The van der Waals surface area contributed by atoms with E-state index in [-0.39, 0.29) is 18.4 Å². The zero-order chi connectivity index (χ0) is 19.1. The Bertz CT molecular complexity index is 910. The Labute approximate surface area is 162 Å². The number of amides is 3. The average molecular weight is 380 g/mol. The Kier molecular flexibility index (Phi) is 6.07. The third-order valence-corrected chi connectivity index (χ3v) is 3.99. The first-order chi connectivity index (χ1) is 13.1. The van der Waals surface area contributed by atoms with E-state index in [4.69, 9.17) is 11.6 Å². The summed E-state index contributed by atoms with van der Waals surface area (Å²) >= 11 is 5.84. The van der Waals surface area contributed by atoms with Crippen molar-refractivity contribution in [2.45, 2.75) is 6.42 Å². The van der Waals surface area contributed by atoms with E-state index in [9.17, 15) is 9.59 Å². The molecule has 0 saturated carbocycles. The summed E-state index contributed by atoms with van der Waals surface area (Å²) in [4.78, 5) is 24.1. The largest absolute Gasteiger partial charge is 0.326 e. The zero-order valence-corrected chi connectivity index (χ0v) is 15.2. The molecule has 0 fully saturated rings. The highest BCUT2D eigenvalue weighted by Gasteiger charge is 2.06. The molecule has 0 heterocycles. The lowest BCUT2D eigenvalue weighted by Gasteiger charge is -2.09. The van der Waals surface area contributed by atoms with Crippen LogP contribution in [-0.2, 0) is 11.2 Å². The number of rotatable bonds is 5. The van der Waals surface area contributed by atoms with Gasteiger partial charge in [-0.3, -0.25) is 4.79 Å². The molecule has 3 amide bonds. The van der Waals surface area contributed by atoms with Gasteiger partial charge in [0.1, 0.15) is 0 Å². The molecule has 3 N–H and O–H groups in total. The molecule has 0 aliphatic rings. The highest BCUT2D eigenvalue weighted by Crippen LogP contribution is 2.15. The minimum atomic E-state index is -0.333. The molecule has 6 heteroatoms. The molecule has 0 spiro atoms. The van der Waals surface area contributed by atoms with E-state index in [1.165, 1.54) is 0 Å². The number of nitrogens with one attached hydrogen (secondary N) is 3. The van der Waals surface area contributed by atoms with Gasteiger partial charge in [0.2, 0.25) is 5.91 Å². The van der Waals surface area contributed by atoms with Crippen LogP contribution in [-0.4, -0.2) is 11.9 Å². The second-order valence-corrected chi connectivity index (χ2v) is 6.31. The minimum absolute atomic E-state index is 0.125. The highest BCUT2D eigenvalue weighted by atomic mass is 35.5. The fraction of sp³-hybridized carbons (Fsp3) is 0.0476. The fourth-order valence-electron chi connectivity index (χ4n) is 2.44. The molecule has 3 rings (SSSR count). The van der Waals surface area contributed by atoms with Gasteiger partial charge in [0, 0.05) is 22.1 Å². The summed E-state index contributed by atoms with van der Waals surface area (Å²) in [5.41, 5.74) is 2.87. The molecule has 0 radical (unpaired) electrons. The molecular weight excluding hydrogens is 362 g/mol. The molecule has 0 atom stereocenters. The third-order valence-electron chi connectivity index (χ3n) is 3.74. The standard InChI is InChI=1S/C21H18ClN3O2/c22-16-8-6-15(7-9-16)14-20(26)23-18-10-12-19(13-11-18)25-21(27)24-17-4-2-1-3-5-17/h1-13H,14H2,(H,23,26)(H2,24,25,27). The number of urea groups is 1. The first kappa shape index (κ1) is 18.5. The van der Waals surface area contributed by atoms with Gasteiger partial charge in [-0.2, -0.15) is 0 Å². The molecule has 0 aliphatic heterocycles. The second-order valence-electron chi connectivity index (χ2n) is 5.87. The summed E-state index contributed by atoms with van der Waals surface area (Å²) in [5, 5.41) is 8.94. The van der Waals surface area contributed by atoms with Crippen LogP contribution < -0.4 is 16.0 Å². The van der Waals surface area contributed by atoms with Crippen LogP contribution in [0.25, 0.3) is 0 Å². The lowest BCUT2D eigenvalue weighted by atomic mass is 10.1. The summed E-state index contributed by atoms with van der Waals surface area (Å²) < 4.78 is 0. The average Bonchev–Trinajstić information content (AvgIpc) is 2.66. The molecule has 3 aromatic carbocycles. The van der Waals surface area contributed by atoms with Crippen LogP contribution in [0.1, 0.15) is 5.56 Å². The molecule has 0 aromatic heterocycles. The second kappa shape index (κ2) is 8.87. The molecule has 5 nitrogen and oxygen atoms in total. The van der Waals surface area contributed by atoms with E-state index in [1.54, 1.807) is 48.5 Å². The molecular formula is C21H18ClN3O2. The van der Waals surface area contributed by atoms with Gasteiger partial charge in [-0.1, -0.05) is 41.9 Å². The number of anilines is 3. The SMILES string of the molecule is O=C(Cc1ccc(Cl)cc1)Nc1ccc(NC(=O)Nc2ccccc2)cc1. The van der Waals surface area contributed by atoms with Gasteiger partial charge in [-0.05, 0) is 54.1 Å². The van der Waals surface area contributed by atoms with Gasteiger partial charge in [0.05, 0.1) is 6.42 Å². The van der Waals surface area contributed by atoms with E-state index >= 15 is 0 Å². The number of para-hydroxylation sites is 1. The van der Waals surface area contributed by atoms with E-state index < -0.39 is 0 Å². The maximum atomic E-state index is 12.1. The van der Waals surface area contributed by atoms with Gasteiger partial charge in [-0.25, -0.2) is 4.79 Å². The van der Waals surface area contributed by atoms with Crippen molar-refractivity contribution < 1.29 is 9.59 Å². The number of hydrogen-bond acceptors (Lipinski definition) is 2. The van der Waals surface area contributed by atoms with Gasteiger partial charge < -0.3 is 16.0 Å². The van der Waals surface area contributed by atoms with Crippen LogP contribution in [0.5, 0.6) is 0 Å². The van der Waals surface area contributed by atoms with E-state index in [0.717, 1.165) is 5.56 Å². The van der Waals surface area contributed by atoms with Crippen molar-refractivity contribution in [3.8, 4) is 0 Å². The Morgan fingerprint density at radius 3 is 1.78 bits per heavy atom. The normalized spacial score (nSPS) is 10.1. The predicted molar refractivity (Wildman–Crippen MR) is 109 cm³/mol. The Balaban J connectivity index is 1.51. The Morgan fingerprint density at radius 2 is 1.19 bits per heavy atom. The van der Waals surface area contributed by atoms with Crippen molar-refractivity contribution in [1.29, 1.82) is 0 Å². The summed E-state index contributed by atoms with van der Waals surface area (Å²) in [6.45, 7) is 0. The van der Waals surface area contributed by atoms with Gasteiger partial charge in [-0.15, -0.1) is 0 Å². The van der Waals surface area contributed by atoms with Crippen molar-refractivity contribution in [3.63, 3.8) is 0 Å². The molecule has 136 valence electrons. The maximum absolute atomic E-state index is 12.1. The smallest absolute Gasteiger partial charge is 0.323 e. The molecule has 3 aromatic rings. The minimum Gasteiger partial charge on any atom is -0.326 e. The summed E-state index contributed by atoms with van der Waals surface area (Å²) in [6, 6.07) is 22.9. The van der Waals surface area contributed by atoms with Gasteiger partial charge in [0.15, 0.2) is 0 Å². The quantitative estimate of drug-likeness (QED) is 0.572. The van der Waals surface area contributed by atoms with Crippen molar-refractivity contribution in [3.05, 3.63) is 89.4 Å². The van der Waals surface area contributed by atoms with E-state index in [0.29, 0.717) is 22.1 Å². The highest BCUT2D eigenvalue weighted by molar-refractivity contribution is 6.30. The van der Waals surface area contributed by atoms with E-state index in [1.807, 2.05) is 30.3 Å². The predicted octanol–water partition coefficient (Wildman–Crippen LogP) is 5.17. The fourth-order valence-corrected chi connectivity index (χ4v) is 2.57. The molecule has 0 aliphatic carbocycles. The maximum Gasteiger partial charge on any atom is 0.323 e. The lowest BCUT2D eigenvalue weighted by molar-refractivity contribution is -0.115. The van der Waals surface area contributed by atoms with Crippen LogP contribution in [0.3, 0.4) is 0 Å². The Morgan fingerprint density at radius 1 is 0.667 bits per heavy atom. The molecule has 27 heavy (non-hydrogen) atoms. The number of carbonyl (C=O) groups excluding carboxylic acids is 2. The summed E-state index contributed by atoms with van der Waals surface area (Å²) in [5.74, 6) is -0.125. The summed E-state index contributed by atoms with van der Waals surface area (Å²) in [7, 11) is 0. The zero-order valence-electron chi connectivity index (χ0n) is 14.4. The number of hydrogen-bond donors (Lipinski definition) is 3. The topological polar surface area (TPSA) is 70.2 Å². The lowest BCUT2D eigenvalue weighted by Crippen LogP contribution is -2.19. The van der Waals surface area contributed by atoms with E-state index in [2.05, 4.69) is 16.0 Å².